The number of hydrogen-bond acceptors (Lipinski definition) is 5. The Morgan fingerprint density at radius 2 is 1.29 bits per heavy atom. The first-order valence-corrected chi connectivity index (χ1v) is 14.3. The fourth-order valence-corrected chi connectivity index (χ4v) is 5.87. The van der Waals surface area contributed by atoms with Gasteiger partial charge in [0, 0.05) is 11.6 Å². The van der Waals surface area contributed by atoms with E-state index in [0.29, 0.717) is 5.02 Å². The number of aryl methyl sites for hydroxylation is 1. The third kappa shape index (κ3) is 7.46. The molecule has 35 heavy (non-hydrogen) atoms. The van der Waals surface area contributed by atoms with Crippen molar-refractivity contribution in [2.45, 2.75) is 42.5 Å². The van der Waals surface area contributed by atoms with Crippen LogP contribution in [0.2, 0.25) is 5.02 Å². The maximum Gasteiger partial charge on any atom is 0.241 e. The second kappa shape index (κ2) is 11.5. The molecule has 0 bridgehead atoms. The molecule has 186 valence electrons. The Kier molecular flexibility index (Phi) is 8.84. The van der Waals surface area contributed by atoms with Crippen LogP contribution in [0.25, 0.3) is 11.1 Å². The number of hydrogen-bond donors (Lipinski definition) is 2. The van der Waals surface area contributed by atoms with Crippen molar-refractivity contribution >= 4 is 37.4 Å². The number of benzene rings is 3. The van der Waals surface area contributed by atoms with Gasteiger partial charge >= 0.3 is 0 Å². The molecule has 0 aliphatic carbocycles. The average molecular weight is 535 g/mol. The van der Waals surface area contributed by atoms with Crippen LogP contribution in [0.1, 0.15) is 25.3 Å². The molecule has 7 nitrogen and oxygen atoms in total. The van der Waals surface area contributed by atoms with Gasteiger partial charge in [0.2, 0.25) is 20.0 Å². The van der Waals surface area contributed by atoms with Crippen LogP contribution >= 0.6 is 11.6 Å². The Labute approximate surface area is 211 Å². The molecule has 0 spiro atoms. The minimum atomic E-state index is -3.95. The smallest absolute Gasteiger partial charge is 0.241 e. The summed E-state index contributed by atoms with van der Waals surface area (Å²) in [5.41, 5.74) is 2.66. The van der Waals surface area contributed by atoms with Crippen LogP contribution in [0.4, 0.5) is 0 Å². The number of sulfonamides is 2. The van der Waals surface area contributed by atoms with Gasteiger partial charge < -0.3 is 0 Å². The van der Waals surface area contributed by atoms with Crippen LogP contribution in [-0.4, -0.2) is 35.2 Å². The molecule has 0 saturated heterocycles. The molecule has 0 aromatic heterocycles. The van der Waals surface area contributed by atoms with Gasteiger partial charge in [0.1, 0.15) is 5.78 Å². The lowest BCUT2D eigenvalue weighted by molar-refractivity contribution is -0.118. The first-order chi connectivity index (χ1) is 16.5. The fraction of sp³-hybridized carbons (Fsp3) is 0.240. The first-order valence-electron chi connectivity index (χ1n) is 10.9. The van der Waals surface area contributed by atoms with E-state index in [1.807, 2.05) is 19.1 Å². The molecular weight excluding hydrogens is 508 g/mol. The molecule has 3 aromatic rings. The number of rotatable bonds is 11. The second-order valence-electron chi connectivity index (χ2n) is 8.17. The first kappa shape index (κ1) is 27.0. The normalized spacial score (nSPS) is 12.9. The highest BCUT2D eigenvalue weighted by molar-refractivity contribution is 7.89. The predicted molar refractivity (Wildman–Crippen MR) is 137 cm³/mol. The summed E-state index contributed by atoms with van der Waals surface area (Å²) in [4.78, 5) is 12.3. The number of carbonyl (C=O) groups excluding carboxylic acids is 1. The summed E-state index contributed by atoms with van der Waals surface area (Å²) < 4.78 is 55.4. The highest BCUT2D eigenvalue weighted by Gasteiger charge is 2.23. The zero-order valence-electron chi connectivity index (χ0n) is 19.4. The topological polar surface area (TPSA) is 109 Å². The lowest BCUT2D eigenvalue weighted by atomic mass is 10.1. The van der Waals surface area contributed by atoms with Gasteiger partial charge in [0.05, 0.1) is 15.8 Å². The van der Waals surface area contributed by atoms with Crippen LogP contribution in [0.15, 0.2) is 82.6 Å². The van der Waals surface area contributed by atoms with Gasteiger partial charge in [-0.05, 0) is 74.2 Å². The van der Waals surface area contributed by atoms with Gasteiger partial charge in [-0.2, -0.15) is 0 Å². The lowest BCUT2D eigenvalue weighted by Crippen LogP contribution is -2.40. The molecule has 0 aliphatic rings. The summed E-state index contributed by atoms with van der Waals surface area (Å²) >= 11 is 5.91. The maximum atomic E-state index is 12.9. The Hall–Kier alpha value is -2.56. The maximum absolute atomic E-state index is 12.9. The van der Waals surface area contributed by atoms with Crippen molar-refractivity contribution in [2.24, 2.45) is 0 Å². The molecule has 0 fully saturated rings. The van der Waals surface area contributed by atoms with Crippen LogP contribution in [-0.2, 0) is 24.8 Å². The molecule has 0 amide bonds. The number of ketones is 1. The van der Waals surface area contributed by atoms with Gasteiger partial charge in [-0.15, -0.1) is 0 Å². The van der Waals surface area contributed by atoms with Gasteiger partial charge in [0.15, 0.2) is 0 Å². The van der Waals surface area contributed by atoms with Gasteiger partial charge in [-0.3, -0.25) is 4.79 Å². The van der Waals surface area contributed by atoms with Crippen LogP contribution < -0.4 is 9.44 Å². The molecule has 0 aliphatic heterocycles. The second-order valence-corrected chi connectivity index (χ2v) is 12.1. The third-order valence-electron chi connectivity index (χ3n) is 5.42. The number of Topliss-reactive ketones (excluding diaryl/α,β-unsaturated/α-hetero) is 1. The van der Waals surface area contributed by atoms with Crippen molar-refractivity contribution in [3.63, 3.8) is 0 Å². The number of halogens is 1. The highest BCUT2D eigenvalue weighted by atomic mass is 35.5. The number of carbonyl (C=O) groups is 1. The third-order valence-corrected chi connectivity index (χ3v) is 8.64. The average Bonchev–Trinajstić information content (AvgIpc) is 2.82. The van der Waals surface area contributed by atoms with E-state index >= 15 is 0 Å². The van der Waals surface area contributed by atoms with E-state index in [1.54, 1.807) is 36.4 Å². The Balaban J connectivity index is 1.60. The molecule has 0 heterocycles. The summed E-state index contributed by atoms with van der Waals surface area (Å²) in [6.45, 7) is 3.23. The van der Waals surface area contributed by atoms with Crippen LogP contribution in [0.3, 0.4) is 0 Å². The van der Waals surface area contributed by atoms with Gasteiger partial charge in [0.25, 0.3) is 0 Å². The van der Waals surface area contributed by atoms with E-state index in [-0.39, 0.29) is 35.0 Å². The quantitative estimate of drug-likeness (QED) is 0.356. The van der Waals surface area contributed by atoms with Crippen LogP contribution in [0, 0.1) is 6.92 Å². The zero-order chi connectivity index (χ0) is 25.6. The van der Waals surface area contributed by atoms with Crippen molar-refractivity contribution in [2.75, 3.05) is 6.54 Å². The fourth-order valence-electron chi connectivity index (χ4n) is 3.38. The molecular formula is C25H27ClN2O5S2. The lowest BCUT2D eigenvalue weighted by Gasteiger charge is -2.16. The van der Waals surface area contributed by atoms with E-state index in [9.17, 15) is 21.6 Å². The minimum absolute atomic E-state index is 0.0292. The van der Waals surface area contributed by atoms with Gasteiger partial charge in [-0.1, -0.05) is 53.6 Å². The Morgan fingerprint density at radius 3 is 1.83 bits per heavy atom. The number of nitrogens with one attached hydrogen (secondary N) is 2. The van der Waals surface area contributed by atoms with E-state index < -0.39 is 26.1 Å². The standard InChI is InChI=1S/C25H27ClN2O5S2/c1-18-5-13-23(14-6-18)34(30,31)27-17-3-4-25(19(2)29)28-35(32,33)24-15-9-21(10-16-24)20-7-11-22(26)12-8-20/h5-16,25,27-28H,3-4,17H2,1-2H3/t25-/m1/s1. The minimum Gasteiger partial charge on any atom is -0.298 e. The monoisotopic (exact) mass is 534 g/mol. The highest BCUT2D eigenvalue weighted by Crippen LogP contribution is 2.23. The molecule has 2 N–H and O–H groups in total. The summed E-state index contributed by atoms with van der Waals surface area (Å²) in [5.74, 6) is -0.354. The SMILES string of the molecule is CC(=O)[C@@H](CCCNS(=O)(=O)c1ccc(C)cc1)NS(=O)(=O)c1ccc(-c2ccc(Cl)cc2)cc1. The van der Waals surface area contributed by atoms with Crippen LogP contribution in [0.5, 0.6) is 0 Å². The molecule has 0 unspecified atom stereocenters. The predicted octanol–water partition coefficient (Wildman–Crippen LogP) is 4.31. The van der Waals surface area contributed by atoms with E-state index in [2.05, 4.69) is 9.44 Å². The molecule has 3 rings (SSSR count). The van der Waals surface area contributed by atoms with Crippen molar-refractivity contribution in [3.05, 3.63) is 83.4 Å². The Morgan fingerprint density at radius 1 is 0.800 bits per heavy atom. The van der Waals surface area contributed by atoms with Gasteiger partial charge in [-0.25, -0.2) is 26.3 Å². The molecule has 10 heteroatoms. The summed E-state index contributed by atoms with van der Waals surface area (Å²) in [6, 6.07) is 19.0. The van der Waals surface area contributed by atoms with E-state index in [4.69, 9.17) is 11.6 Å². The van der Waals surface area contributed by atoms with E-state index in [1.165, 1.54) is 31.2 Å². The Bertz CT molecular complexity index is 1370. The van der Waals surface area contributed by atoms with E-state index in [0.717, 1.165) is 16.7 Å². The van der Waals surface area contributed by atoms with Crippen molar-refractivity contribution in [3.8, 4) is 11.1 Å². The largest absolute Gasteiger partial charge is 0.298 e. The van der Waals surface area contributed by atoms with Crippen molar-refractivity contribution in [1.82, 2.24) is 9.44 Å². The molecule has 0 radical (unpaired) electrons. The molecule has 1 atom stereocenters. The molecule has 0 saturated carbocycles. The summed E-state index contributed by atoms with van der Waals surface area (Å²) in [6.07, 6.45) is 0.418. The molecule has 3 aromatic carbocycles. The summed E-state index contributed by atoms with van der Waals surface area (Å²) in [5, 5.41) is 0.607. The van der Waals surface area contributed by atoms with Crippen molar-refractivity contribution in [1.29, 1.82) is 0 Å². The zero-order valence-corrected chi connectivity index (χ0v) is 21.8. The summed E-state index contributed by atoms with van der Waals surface area (Å²) in [7, 11) is -7.64. The van der Waals surface area contributed by atoms with Crippen molar-refractivity contribution < 1.29 is 21.6 Å².